The molecule has 0 aliphatic carbocycles. The van der Waals surface area contributed by atoms with Gasteiger partial charge in [-0.05, 0) is 0 Å². The third kappa shape index (κ3) is 2.45. The summed E-state index contributed by atoms with van der Waals surface area (Å²) in [6.07, 6.45) is 2.25. The maximum atomic E-state index is 11.9. The third-order valence-corrected chi connectivity index (χ3v) is 2.96. The van der Waals surface area contributed by atoms with Crippen molar-refractivity contribution in [2.75, 3.05) is 26.2 Å². The fourth-order valence-electron chi connectivity index (χ4n) is 1.96. The molecule has 0 atom stereocenters. The van der Waals surface area contributed by atoms with Crippen molar-refractivity contribution in [2.24, 2.45) is 0 Å². The molecule has 0 spiro atoms. The number of rotatable bonds is 4. The van der Waals surface area contributed by atoms with Gasteiger partial charge in [0.05, 0.1) is 32.6 Å². The standard InChI is InChI=1S/C14H13NO6/c1-19-10-6-8(14(18)21-3)9(7-11(10)20-2)15-12(16)4-5-13(15)17/h4-7H,1-3H3. The van der Waals surface area contributed by atoms with E-state index in [1.165, 1.54) is 33.5 Å². The molecule has 21 heavy (non-hydrogen) atoms. The number of amides is 2. The molecule has 0 saturated carbocycles. The number of carbonyl (C=O) groups is 3. The van der Waals surface area contributed by atoms with Crippen molar-refractivity contribution in [1.29, 1.82) is 0 Å². The van der Waals surface area contributed by atoms with Crippen LogP contribution >= 0.6 is 0 Å². The Morgan fingerprint density at radius 3 is 1.95 bits per heavy atom. The minimum absolute atomic E-state index is 0.0283. The Hall–Kier alpha value is -2.83. The van der Waals surface area contributed by atoms with E-state index in [1.807, 2.05) is 0 Å². The van der Waals surface area contributed by atoms with Crippen molar-refractivity contribution in [3.63, 3.8) is 0 Å². The Balaban J connectivity index is 2.65. The molecule has 1 aliphatic rings. The molecule has 0 unspecified atom stereocenters. The van der Waals surface area contributed by atoms with Crippen molar-refractivity contribution < 1.29 is 28.6 Å². The second-order valence-electron chi connectivity index (χ2n) is 4.06. The number of imide groups is 1. The van der Waals surface area contributed by atoms with Crippen molar-refractivity contribution >= 4 is 23.5 Å². The normalized spacial score (nSPS) is 13.6. The lowest BCUT2D eigenvalue weighted by Crippen LogP contribution is -2.31. The third-order valence-electron chi connectivity index (χ3n) is 2.96. The SMILES string of the molecule is COC(=O)c1cc(OC)c(OC)cc1N1C(=O)C=CC1=O. The van der Waals surface area contributed by atoms with E-state index in [4.69, 9.17) is 9.47 Å². The van der Waals surface area contributed by atoms with E-state index in [9.17, 15) is 14.4 Å². The Morgan fingerprint density at radius 2 is 1.48 bits per heavy atom. The van der Waals surface area contributed by atoms with Gasteiger partial charge >= 0.3 is 5.97 Å². The number of carbonyl (C=O) groups excluding carboxylic acids is 3. The van der Waals surface area contributed by atoms with Crippen LogP contribution in [0.1, 0.15) is 10.4 Å². The predicted octanol–water partition coefficient (Wildman–Crippen LogP) is 0.920. The van der Waals surface area contributed by atoms with Gasteiger partial charge in [0.1, 0.15) is 0 Å². The predicted molar refractivity (Wildman–Crippen MR) is 72.5 cm³/mol. The quantitative estimate of drug-likeness (QED) is 0.606. The number of benzene rings is 1. The molecule has 0 bridgehead atoms. The average molecular weight is 291 g/mol. The summed E-state index contributed by atoms with van der Waals surface area (Å²) in [4.78, 5) is 36.3. The van der Waals surface area contributed by atoms with Gasteiger partial charge in [0.2, 0.25) is 0 Å². The number of esters is 1. The second-order valence-corrected chi connectivity index (χ2v) is 4.06. The van der Waals surface area contributed by atoms with E-state index in [2.05, 4.69) is 4.74 Å². The van der Waals surface area contributed by atoms with Crippen LogP contribution in [0.3, 0.4) is 0 Å². The van der Waals surface area contributed by atoms with Crippen LogP contribution in [0.25, 0.3) is 0 Å². The molecule has 7 heteroatoms. The van der Waals surface area contributed by atoms with Crippen molar-refractivity contribution in [1.82, 2.24) is 0 Å². The number of anilines is 1. The molecule has 0 saturated heterocycles. The molecule has 0 fully saturated rings. The second kappa shape index (κ2) is 5.66. The van der Waals surface area contributed by atoms with Crippen LogP contribution in [0.15, 0.2) is 24.3 Å². The van der Waals surface area contributed by atoms with Crippen LogP contribution in [0.2, 0.25) is 0 Å². The maximum Gasteiger partial charge on any atom is 0.340 e. The summed E-state index contributed by atoms with van der Waals surface area (Å²) in [7, 11) is 4.02. The van der Waals surface area contributed by atoms with Crippen LogP contribution in [0.5, 0.6) is 11.5 Å². The lowest BCUT2D eigenvalue weighted by atomic mass is 10.1. The summed E-state index contributed by atoms with van der Waals surface area (Å²) in [5, 5.41) is 0. The van der Waals surface area contributed by atoms with Gasteiger partial charge in [-0.15, -0.1) is 0 Å². The van der Waals surface area contributed by atoms with Gasteiger partial charge in [0.25, 0.3) is 11.8 Å². The minimum atomic E-state index is -0.696. The number of nitrogens with zero attached hydrogens (tertiary/aromatic N) is 1. The van der Waals surface area contributed by atoms with E-state index in [0.29, 0.717) is 0 Å². The van der Waals surface area contributed by atoms with Gasteiger partial charge in [-0.3, -0.25) is 9.59 Å². The van der Waals surface area contributed by atoms with E-state index in [1.54, 1.807) is 0 Å². The minimum Gasteiger partial charge on any atom is -0.493 e. The molecule has 1 heterocycles. The van der Waals surface area contributed by atoms with Gasteiger partial charge in [-0.2, -0.15) is 0 Å². The summed E-state index contributed by atoms with van der Waals surface area (Å²) in [6.45, 7) is 0. The summed E-state index contributed by atoms with van der Waals surface area (Å²) in [6, 6.07) is 2.74. The fourth-order valence-corrected chi connectivity index (χ4v) is 1.96. The number of ether oxygens (including phenoxy) is 3. The lowest BCUT2D eigenvalue weighted by Gasteiger charge is -2.19. The maximum absolute atomic E-state index is 11.9. The van der Waals surface area contributed by atoms with Crippen LogP contribution in [0.4, 0.5) is 5.69 Å². The zero-order valence-electron chi connectivity index (χ0n) is 11.7. The molecule has 1 aliphatic heterocycles. The highest BCUT2D eigenvalue weighted by molar-refractivity contribution is 6.29. The van der Waals surface area contributed by atoms with Crippen LogP contribution in [-0.2, 0) is 14.3 Å². The first-order valence-electron chi connectivity index (χ1n) is 5.94. The van der Waals surface area contributed by atoms with Crippen molar-refractivity contribution in [3.05, 3.63) is 29.8 Å². The average Bonchev–Trinajstić information content (AvgIpc) is 2.84. The molecule has 1 aromatic carbocycles. The molecule has 110 valence electrons. The molecular weight excluding hydrogens is 278 g/mol. The molecule has 7 nitrogen and oxygen atoms in total. The summed E-state index contributed by atoms with van der Waals surface area (Å²) >= 11 is 0. The van der Waals surface area contributed by atoms with E-state index < -0.39 is 17.8 Å². The highest BCUT2D eigenvalue weighted by Gasteiger charge is 2.31. The van der Waals surface area contributed by atoms with Gasteiger partial charge in [-0.1, -0.05) is 0 Å². The van der Waals surface area contributed by atoms with Gasteiger partial charge in [0, 0.05) is 24.3 Å². The lowest BCUT2D eigenvalue weighted by molar-refractivity contribution is -0.119. The molecule has 0 aromatic heterocycles. The van der Waals surface area contributed by atoms with Gasteiger partial charge in [0.15, 0.2) is 11.5 Å². The smallest absolute Gasteiger partial charge is 0.340 e. The van der Waals surface area contributed by atoms with Crippen molar-refractivity contribution in [3.8, 4) is 11.5 Å². The molecular formula is C14H13NO6. The highest BCUT2D eigenvalue weighted by Crippen LogP contribution is 2.36. The number of hydrogen-bond donors (Lipinski definition) is 0. The molecule has 2 amide bonds. The first kappa shape index (κ1) is 14.6. The number of methoxy groups -OCH3 is 3. The Morgan fingerprint density at radius 1 is 0.952 bits per heavy atom. The van der Waals surface area contributed by atoms with E-state index in [0.717, 1.165) is 17.1 Å². The van der Waals surface area contributed by atoms with E-state index >= 15 is 0 Å². The molecule has 0 N–H and O–H groups in total. The summed E-state index contributed by atoms with van der Waals surface area (Å²) < 4.78 is 14.9. The molecule has 2 rings (SSSR count). The Labute approximate surface area is 120 Å². The topological polar surface area (TPSA) is 82.1 Å². The largest absolute Gasteiger partial charge is 0.493 e. The fraction of sp³-hybridized carbons (Fsp3) is 0.214. The highest BCUT2D eigenvalue weighted by atomic mass is 16.5. The first-order chi connectivity index (χ1) is 10.0. The molecule has 1 aromatic rings. The monoisotopic (exact) mass is 291 g/mol. The summed E-state index contributed by atoms with van der Waals surface area (Å²) in [5.74, 6) is -1.21. The zero-order valence-corrected chi connectivity index (χ0v) is 11.7. The number of hydrogen-bond acceptors (Lipinski definition) is 6. The van der Waals surface area contributed by atoms with Gasteiger partial charge in [-0.25, -0.2) is 9.69 Å². The molecule has 0 radical (unpaired) electrons. The Kier molecular flexibility index (Phi) is 3.93. The van der Waals surface area contributed by atoms with Crippen molar-refractivity contribution in [2.45, 2.75) is 0 Å². The first-order valence-corrected chi connectivity index (χ1v) is 5.94. The zero-order chi connectivity index (χ0) is 15.6. The Bertz CT molecular complexity index is 631. The van der Waals surface area contributed by atoms with Crippen LogP contribution in [-0.4, -0.2) is 39.1 Å². The van der Waals surface area contributed by atoms with Crippen LogP contribution in [0, 0.1) is 0 Å². The van der Waals surface area contributed by atoms with E-state index in [-0.39, 0.29) is 22.7 Å². The van der Waals surface area contributed by atoms with Crippen LogP contribution < -0.4 is 14.4 Å². The summed E-state index contributed by atoms with van der Waals surface area (Å²) in [5.41, 5.74) is 0.111. The van der Waals surface area contributed by atoms with Gasteiger partial charge < -0.3 is 14.2 Å².